The zero-order valence-electron chi connectivity index (χ0n) is 14.5. The van der Waals surface area contributed by atoms with Crippen LogP contribution in [-0.2, 0) is 9.59 Å². The van der Waals surface area contributed by atoms with E-state index in [0.717, 1.165) is 6.08 Å². The van der Waals surface area contributed by atoms with Crippen molar-refractivity contribution in [3.05, 3.63) is 54.6 Å². The first-order valence-electron chi connectivity index (χ1n) is 8.00. The molecule has 0 radical (unpaired) electrons. The molecule has 8 nitrogen and oxygen atoms in total. The molecule has 0 atom stereocenters. The normalized spacial score (nSPS) is 12.6. The van der Waals surface area contributed by atoms with Crippen molar-refractivity contribution in [3.63, 3.8) is 0 Å². The Kier molecular flexibility index (Phi) is 4.80. The predicted octanol–water partition coefficient (Wildman–Crippen LogP) is 2.12. The van der Waals surface area contributed by atoms with Crippen LogP contribution in [0.3, 0.4) is 0 Å². The topological polar surface area (TPSA) is 108 Å². The highest BCUT2D eigenvalue weighted by molar-refractivity contribution is 6.08. The van der Waals surface area contributed by atoms with Crippen molar-refractivity contribution in [1.29, 1.82) is 0 Å². The largest absolute Gasteiger partial charge is 0.507 e. The van der Waals surface area contributed by atoms with Crippen molar-refractivity contribution in [2.24, 2.45) is 0 Å². The number of phenols is 1. The Bertz CT molecular complexity index is 954. The monoisotopic (exact) mass is 367 g/mol. The van der Waals surface area contributed by atoms with Gasteiger partial charge >= 0.3 is 0 Å². The number of likely N-dealkylation sites (N-methyl/N-ethyl adjacent to an activating group) is 1. The van der Waals surface area contributed by atoms with Gasteiger partial charge in [0.25, 0.3) is 11.8 Å². The third-order valence-corrected chi connectivity index (χ3v) is 4.00. The lowest BCUT2D eigenvalue weighted by atomic mass is 10.1. The van der Waals surface area contributed by atoms with Gasteiger partial charge in [0.05, 0.1) is 11.3 Å². The van der Waals surface area contributed by atoms with Gasteiger partial charge in [0.15, 0.2) is 6.61 Å². The van der Waals surface area contributed by atoms with Gasteiger partial charge in [0.1, 0.15) is 11.5 Å². The minimum absolute atomic E-state index is 0.0183. The van der Waals surface area contributed by atoms with Gasteiger partial charge in [-0.25, -0.2) is 0 Å². The van der Waals surface area contributed by atoms with Gasteiger partial charge in [0, 0.05) is 18.4 Å². The molecule has 3 rings (SSSR count). The zero-order chi connectivity index (χ0) is 19.6. The Hall–Kier alpha value is -3.81. The quantitative estimate of drug-likeness (QED) is 0.567. The fourth-order valence-corrected chi connectivity index (χ4v) is 2.54. The molecule has 8 heteroatoms. The first-order chi connectivity index (χ1) is 12.9. The maximum atomic E-state index is 12.5. The fourth-order valence-electron chi connectivity index (χ4n) is 2.54. The summed E-state index contributed by atoms with van der Waals surface area (Å²) in [6, 6.07) is 8.99. The molecule has 0 saturated heterocycles. The van der Waals surface area contributed by atoms with Gasteiger partial charge in [-0.05, 0) is 42.5 Å². The van der Waals surface area contributed by atoms with Gasteiger partial charge in [-0.1, -0.05) is 6.58 Å². The molecule has 0 aliphatic carbocycles. The maximum absolute atomic E-state index is 12.5. The maximum Gasteiger partial charge on any atom is 0.264 e. The lowest BCUT2D eigenvalue weighted by molar-refractivity contribution is -0.121. The van der Waals surface area contributed by atoms with Gasteiger partial charge in [-0.15, -0.1) is 0 Å². The number of benzene rings is 2. The van der Waals surface area contributed by atoms with Crippen molar-refractivity contribution < 1.29 is 24.2 Å². The highest BCUT2D eigenvalue weighted by atomic mass is 16.5. The molecule has 0 fully saturated rings. The highest BCUT2D eigenvalue weighted by Gasteiger charge is 2.23. The van der Waals surface area contributed by atoms with Crippen molar-refractivity contribution in [1.82, 2.24) is 0 Å². The Labute approximate surface area is 155 Å². The summed E-state index contributed by atoms with van der Waals surface area (Å²) < 4.78 is 5.34. The molecule has 2 aromatic rings. The van der Waals surface area contributed by atoms with Crippen LogP contribution >= 0.6 is 0 Å². The van der Waals surface area contributed by atoms with Crippen LogP contribution in [0.1, 0.15) is 10.4 Å². The van der Waals surface area contributed by atoms with Crippen LogP contribution in [0.25, 0.3) is 0 Å². The van der Waals surface area contributed by atoms with E-state index in [9.17, 15) is 19.5 Å². The molecule has 0 aromatic heterocycles. The Morgan fingerprint density at radius 2 is 1.89 bits per heavy atom. The van der Waals surface area contributed by atoms with E-state index in [4.69, 9.17) is 4.74 Å². The Balaban J connectivity index is 1.83. The summed E-state index contributed by atoms with van der Waals surface area (Å²) in [6.07, 6.45) is 1.10. The zero-order valence-corrected chi connectivity index (χ0v) is 14.5. The predicted molar refractivity (Wildman–Crippen MR) is 100 cm³/mol. The number of amides is 3. The van der Waals surface area contributed by atoms with E-state index >= 15 is 0 Å². The first kappa shape index (κ1) is 18.0. The number of phenolic OH excluding ortho intramolecular Hbond substituents is 1. The number of aromatic hydroxyl groups is 1. The van der Waals surface area contributed by atoms with E-state index in [-0.39, 0.29) is 23.8 Å². The number of carbonyl (C=O) groups excluding carboxylic acids is 3. The smallest absolute Gasteiger partial charge is 0.264 e. The van der Waals surface area contributed by atoms with Crippen LogP contribution < -0.4 is 20.3 Å². The number of anilines is 3. The summed E-state index contributed by atoms with van der Waals surface area (Å²) in [4.78, 5) is 37.1. The van der Waals surface area contributed by atoms with Crippen molar-refractivity contribution in [3.8, 4) is 11.5 Å². The second-order valence-electron chi connectivity index (χ2n) is 5.80. The minimum atomic E-state index is -0.576. The van der Waals surface area contributed by atoms with E-state index in [0.29, 0.717) is 22.8 Å². The molecule has 3 N–H and O–H groups in total. The number of nitrogens with one attached hydrogen (secondary N) is 2. The van der Waals surface area contributed by atoms with Crippen LogP contribution in [0.2, 0.25) is 0 Å². The number of hydrogen-bond donors (Lipinski definition) is 3. The number of fused-ring (bicyclic) bond motifs is 1. The van der Waals surface area contributed by atoms with E-state index in [1.54, 1.807) is 25.2 Å². The van der Waals surface area contributed by atoms with Crippen LogP contribution in [0.5, 0.6) is 11.5 Å². The van der Waals surface area contributed by atoms with E-state index in [2.05, 4.69) is 17.2 Å². The number of carbonyl (C=O) groups is 3. The fraction of sp³-hybridized carbons (Fsp3) is 0.105. The molecule has 1 heterocycles. The average molecular weight is 367 g/mol. The molecular weight excluding hydrogens is 350 g/mol. The van der Waals surface area contributed by atoms with Gasteiger partial charge in [-0.2, -0.15) is 0 Å². The van der Waals surface area contributed by atoms with Crippen LogP contribution in [0.4, 0.5) is 17.1 Å². The first-order valence-corrected chi connectivity index (χ1v) is 8.00. The molecule has 1 aliphatic rings. The summed E-state index contributed by atoms with van der Waals surface area (Å²) in [5.74, 6) is -0.915. The number of hydrogen-bond acceptors (Lipinski definition) is 5. The average Bonchev–Trinajstić information content (AvgIpc) is 2.66. The van der Waals surface area contributed by atoms with Crippen molar-refractivity contribution in [2.75, 3.05) is 29.2 Å². The Morgan fingerprint density at radius 1 is 1.19 bits per heavy atom. The van der Waals surface area contributed by atoms with E-state index in [1.807, 2.05) is 0 Å². The van der Waals surface area contributed by atoms with Crippen LogP contribution in [0.15, 0.2) is 49.1 Å². The van der Waals surface area contributed by atoms with Gasteiger partial charge < -0.3 is 25.4 Å². The third-order valence-electron chi connectivity index (χ3n) is 4.00. The van der Waals surface area contributed by atoms with E-state index < -0.39 is 11.8 Å². The molecule has 1 aliphatic heterocycles. The van der Waals surface area contributed by atoms with E-state index in [1.165, 1.54) is 23.1 Å². The number of rotatable bonds is 4. The summed E-state index contributed by atoms with van der Waals surface area (Å²) in [5, 5.41) is 15.2. The molecule has 2 aromatic carbocycles. The van der Waals surface area contributed by atoms with Crippen molar-refractivity contribution >= 4 is 34.8 Å². The lowest BCUT2D eigenvalue weighted by Gasteiger charge is -2.26. The number of nitrogens with zero attached hydrogens (tertiary/aromatic N) is 1. The summed E-state index contributed by atoms with van der Waals surface area (Å²) >= 11 is 0. The minimum Gasteiger partial charge on any atom is -0.507 e. The summed E-state index contributed by atoms with van der Waals surface area (Å²) in [7, 11) is 1.62. The molecular formula is C19H17N3O5. The second kappa shape index (κ2) is 7.20. The van der Waals surface area contributed by atoms with Gasteiger partial charge in [-0.3, -0.25) is 14.4 Å². The molecule has 0 saturated carbocycles. The lowest BCUT2D eigenvalue weighted by Crippen LogP contribution is -2.35. The molecule has 138 valence electrons. The molecule has 0 bridgehead atoms. The van der Waals surface area contributed by atoms with Crippen molar-refractivity contribution in [2.45, 2.75) is 0 Å². The number of ether oxygens (including phenoxy) is 1. The molecule has 27 heavy (non-hydrogen) atoms. The van der Waals surface area contributed by atoms with Crippen LogP contribution in [-0.4, -0.2) is 36.5 Å². The molecule has 3 amide bonds. The molecule has 0 unspecified atom stereocenters. The highest BCUT2D eigenvalue weighted by Crippen LogP contribution is 2.34. The Morgan fingerprint density at radius 3 is 2.63 bits per heavy atom. The second-order valence-corrected chi connectivity index (χ2v) is 5.80. The SMILES string of the molecule is C=CC(=O)Nc1ccc(O)c(C(=O)Nc2ccc3c(c2)N(C)C(=O)CO3)c1. The summed E-state index contributed by atoms with van der Waals surface area (Å²) in [5.41, 5.74) is 1.27. The molecule has 0 spiro atoms. The standard InChI is InChI=1S/C19H17N3O5/c1-3-17(24)20-11-4-6-15(23)13(8-11)19(26)21-12-5-7-16-14(9-12)22(2)18(25)10-27-16/h3-9,23H,1,10H2,2H3,(H,20,24)(H,21,26). The third kappa shape index (κ3) is 3.74. The summed E-state index contributed by atoms with van der Waals surface area (Å²) in [6.45, 7) is 3.32. The van der Waals surface area contributed by atoms with Gasteiger partial charge in [0.2, 0.25) is 5.91 Å². The van der Waals surface area contributed by atoms with Crippen LogP contribution in [0, 0.1) is 0 Å².